The highest BCUT2D eigenvalue weighted by Gasteiger charge is 2.33. The summed E-state index contributed by atoms with van der Waals surface area (Å²) in [7, 11) is 0. The van der Waals surface area contributed by atoms with Crippen molar-refractivity contribution in [3.05, 3.63) is 53.6 Å². The summed E-state index contributed by atoms with van der Waals surface area (Å²) in [4.78, 5) is 26.9. The van der Waals surface area contributed by atoms with Gasteiger partial charge in [-0.2, -0.15) is 0 Å². The molecule has 0 bridgehead atoms. The predicted molar refractivity (Wildman–Crippen MR) is 120 cm³/mol. The first kappa shape index (κ1) is 24.8. The Morgan fingerprint density at radius 1 is 1.18 bits per heavy atom. The van der Waals surface area contributed by atoms with Crippen LogP contribution in [0.3, 0.4) is 0 Å². The van der Waals surface area contributed by atoms with E-state index >= 15 is 0 Å². The summed E-state index contributed by atoms with van der Waals surface area (Å²) in [6.45, 7) is 5.60. The van der Waals surface area contributed by atoms with Crippen LogP contribution in [0.4, 0.5) is 23.7 Å². The highest BCUT2D eigenvalue weighted by molar-refractivity contribution is 8.01. The molecule has 0 saturated heterocycles. The largest absolute Gasteiger partial charge is 0.573 e. The average Bonchev–Trinajstić information content (AvgIpc) is 3.11. The second-order valence-electron chi connectivity index (χ2n) is 8.12. The minimum absolute atomic E-state index is 0.149. The molecule has 0 spiro atoms. The van der Waals surface area contributed by atoms with Gasteiger partial charge in [-0.3, -0.25) is 4.79 Å². The van der Waals surface area contributed by atoms with E-state index in [0.717, 1.165) is 41.0 Å². The van der Waals surface area contributed by atoms with Crippen LogP contribution >= 0.6 is 11.8 Å². The number of fused-ring (bicyclic) bond motifs is 1. The van der Waals surface area contributed by atoms with E-state index in [-0.39, 0.29) is 17.8 Å². The fraction of sp³-hybridized carbons (Fsp3) is 0.391. The Kier molecular flexibility index (Phi) is 7.16. The number of nitrogens with zero attached hydrogens (tertiary/aromatic N) is 1. The smallest absolute Gasteiger partial charge is 0.480 e. The summed E-state index contributed by atoms with van der Waals surface area (Å²) in [5.41, 5.74) is 2.44. The number of amides is 2. The molecule has 0 aliphatic heterocycles. The van der Waals surface area contributed by atoms with Gasteiger partial charge in [0.1, 0.15) is 10.5 Å². The van der Waals surface area contributed by atoms with Crippen LogP contribution in [0.2, 0.25) is 0 Å². The van der Waals surface area contributed by atoms with Crippen molar-refractivity contribution >= 4 is 29.4 Å². The minimum atomic E-state index is -4.78. The standard InChI is InChI=1S/C23H25F3N2O4S/c1-4-28(21(31)27-15-6-8-16(9-7-15)32-23(24,25)26)19-12-5-14-13-17(10-11-18(14)19)33-22(2,3)20(29)30/h6-11,13,19H,4-5,12H2,1-3H3,(H,27,31)(H,29,30). The Hall–Kier alpha value is -2.88. The molecule has 2 N–H and O–H groups in total. The highest BCUT2D eigenvalue weighted by Crippen LogP contribution is 2.40. The highest BCUT2D eigenvalue weighted by atomic mass is 32.2. The third kappa shape index (κ3) is 6.13. The van der Waals surface area contributed by atoms with Gasteiger partial charge in [-0.25, -0.2) is 4.79 Å². The Morgan fingerprint density at radius 2 is 1.85 bits per heavy atom. The number of ether oxygens (including phenoxy) is 1. The number of hydrogen-bond acceptors (Lipinski definition) is 4. The van der Waals surface area contributed by atoms with Gasteiger partial charge < -0.3 is 20.1 Å². The van der Waals surface area contributed by atoms with E-state index in [9.17, 15) is 27.9 Å². The van der Waals surface area contributed by atoms with Crippen LogP contribution in [0.5, 0.6) is 5.75 Å². The van der Waals surface area contributed by atoms with Crippen LogP contribution in [0.15, 0.2) is 47.4 Å². The van der Waals surface area contributed by atoms with Crippen molar-refractivity contribution in [2.24, 2.45) is 0 Å². The number of anilines is 1. The molecule has 2 aromatic carbocycles. The zero-order chi connectivity index (χ0) is 24.4. The Labute approximate surface area is 194 Å². The van der Waals surface area contributed by atoms with Gasteiger partial charge in [0.2, 0.25) is 0 Å². The van der Waals surface area contributed by atoms with Crippen LogP contribution in [0.1, 0.15) is 44.4 Å². The first-order valence-corrected chi connectivity index (χ1v) is 11.2. The average molecular weight is 483 g/mol. The number of benzene rings is 2. The molecule has 1 unspecified atom stereocenters. The molecule has 2 aromatic rings. The summed E-state index contributed by atoms with van der Waals surface area (Å²) < 4.78 is 39.8. The lowest BCUT2D eigenvalue weighted by Crippen LogP contribution is -2.37. The number of carbonyl (C=O) groups excluding carboxylic acids is 1. The van der Waals surface area contributed by atoms with Crippen molar-refractivity contribution in [3.63, 3.8) is 0 Å². The molecule has 2 amide bonds. The zero-order valence-electron chi connectivity index (χ0n) is 18.4. The maximum atomic E-state index is 12.9. The van der Waals surface area contributed by atoms with E-state index in [0.29, 0.717) is 12.2 Å². The first-order chi connectivity index (χ1) is 15.4. The van der Waals surface area contributed by atoms with Gasteiger partial charge in [-0.1, -0.05) is 6.07 Å². The van der Waals surface area contributed by atoms with Crippen LogP contribution in [0.25, 0.3) is 0 Å². The van der Waals surface area contributed by atoms with Crippen molar-refractivity contribution in [2.75, 3.05) is 11.9 Å². The molecule has 10 heteroatoms. The van der Waals surface area contributed by atoms with E-state index in [1.165, 1.54) is 23.9 Å². The molecular formula is C23H25F3N2O4S. The molecule has 3 rings (SSSR count). The van der Waals surface area contributed by atoms with Gasteiger partial charge in [0, 0.05) is 17.1 Å². The topological polar surface area (TPSA) is 78.9 Å². The first-order valence-electron chi connectivity index (χ1n) is 10.4. The number of carboxylic acid groups (broad SMARTS) is 1. The van der Waals surface area contributed by atoms with Crippen LogP contribution in [0, 0.1) is 0 Å². The quantitative estimate of drug-likeness (QED) is 0.468. The second kappa shape index (κ2) is 9.54. The second-order valence-corrected chi connectivity index (χ2v) is 9.82. The van der Waals surface area contributed by atoms with Gasteiger partial charge >= 0.3 is 18.4 Å². The predicted octanol–water partition coefficient (Wildman–Crippen LogP) is 6.08. The molecule has 6 nitrogen and oxygen atoms in total. The number of carboxylic acids is 1. The number of carbonyl (C=O) groups is 2. The number of nitrogens with one attached hydrogen (secondary N) is 1. The lowest BCUT2D eigenvalue weighted by atomic mass is 10.1. The molecule has 0 radical (unpaired) electrons. The molecule has 0 heterocycles. The lowest BCUT2D eigenvalue weighted by Gasteiger charge is -2.29. The van der Waals surface area contributed by atoms with E-state index in [2.05, 4.69) is 10.1 Å². The summed E-state index contributed by atoms with van der Waals surface area (Å²) in [6, 6.07) is 10.3. The van der Waals surface area contributed by atoms with E-state index in [4.69, 9.17) is 0 Å². The number of thioether (sulfide) groups is 1. The summed E-state index contributed by atoms with van der Waals surface area (Å²) in [6.07, 6.45) is -3.29. The number of hydrogen-bond donors (Lipinski definition) is 2. The minimum Gasteiger partial charge on any atom is -0.480 e. The summed E-state index contributed by atoms with van der Waals surface area (Å²) in [5.74, 6) is -1.25. The number of rotatable bonds is 7. The maximum Gasteiger partial charge on any atom is 0.573 e. The number of urea groups is 1. The fourth-order valence-electron chi connectivity index (χ4n) is 3.74. The zero-order valence-corrected chi connectivity index (χ0v) is 19.2. The van der Waals surface area contributed by atoms with E-state index in [1.54, 1.807) is 18.7 Å². The molecule has 178 valence electrons. The molecule has 0 fully saturated rings. The monoisotopic (exact) mass is 482 g/mol. The Balaban J connectivity index is 1.70. The van der Waals surface area contributed by atoms with Gasteiger partial charge in [0.25, 0.3) is 0 Å². The molecule has 33 heavy (non-hydrogen) atoms. The van der Waals surface area contributed by atoms with Gasteiger partial charge in [-0.05, 0) is 81.1 Å². The normalized spacial score (nSPS) is 15.6. The van der Waals surface area contributed by atoms with Gasteiger partial charge in [0.15, 0.2) is 0 Å². The third-order valence-corrected chi connectivity index (χ3v) is 6.54. The van der Waals surface area contributed by atoms with Gasteiger partial charge in [-0.15, -0.1) is 24.9 Å². The van der Waals surface area contributed by atoms with Crippen molar-refractivity contribution in [1.82, 2.24) is 4.90 Å². The number of halogens is 3. The van der Waals surface area contributed by atoms with Gasteiger partial charge in [0.05, 0.1) is 6.04 Å². The molecule has 1 atom stereocenters. The lowest BCUT2D eigenvalue weighted by molar-refractivity contribution is -0.274. The Bertz CT molecular complexity index is 1030. The van der Waals surface area contributed by atoms with Crippen LogP contribution < -0.4 is 10.1 Å². The van der Waals surface area contributed by atoms with Crippen molar-refractivity contribution < 1.29 is 32.6 Å². The van der Waals surface area contributed by atoms with Crippen molar-refractivity contribution in [3.8, 4) is 5.75 Å². The summed E-state index contributed by atoms with van der Waals surface area (Å²) >= 11 is 1.27. The van der Waals surface area contributed by atoms with Crippen molar-refractivity contribution in [2.45, 2.75) is 55.7 Å². The summed E-state index contributed by atoms with van der Waals surface area (Å²) in [5, 5.41) is 12.1. The Morgan fingerprint density at radius 3 is 2.42 bits per heavy atom. The molecule has 1 aliphatic carbocycles. The van der Waals surface area contributed by atoms with Crippen LogP contribution in [-0.2, 0) is 11.2 Å². The number of alkyl halides is 3. The molecule has 0 saturated carbocycles. The SMILES string of the molecule is CCN(C(=O)Nc1ccc(OC(F)(F)F)cc1)C1CCc2cc(SC(C)(C)C(=O)O)ccc21. The number of aliphatic carboxylic acids is 1. The fourth-order valence-corrected chi connectivity index (χ4v) is 4.75. The van der Waals surface area contributed by atoms with E-state index < -0.39 is 17.1 Å². The maximum absolute atomic E-state index is 12.9. The molecular weight excluding hydrogens is 457 g/mol. The third-order valence-electron chi connectivity index (χ3n) is 5.37. The van der Waals surface area contributed by atoms with Crippen molar-refractivity contribution in [1.29, 1.82) is 0 Å². The van der Waals surface area contributed by atoms with E-state index in [1.807, 2.05) is 25.1 Å². The molecule has 1 aliphatic rings. The van der Waals surface area contributed by atoms with Crippen LogP contribution in [-0.4, -0.2) is 39.7 Å². The molecule has 0 aromatic heterocycles. The number of aryl methyl sites for hydroxylation is 1.